The number of aromatic amines is 1. The molecule has 0 saturated heterocycles. The molecular formula is C15H12N4O3. The maximum absolute atomic E-state index is 11.3. The monoisotopic (exact) mass is 296 g/mol. The molecule has 1 aromatic carbocycles. The third-order valence-electron chi connectivity index (χ3n) is 3.19. The Labute approximate surface area is 124 Å². The number of nitrogens with zero attached hydrogens (tertiary/aromatic N) is 2. The molecule has 0 aliphatic rings. The normalized spacial score (nSPS) is 10.6. The molecule has 0 bridgehead atoms. The van der Waals surface area contributed by atoms with Gasteiger partial charge in [0.05, 0.1) is 17.4 Å². The molecule has 7 heteroatoms. The van der Waals surface area contributed by atoms with Gasteiger partial charge in [0.2, 0.25) is 0 Å². The van der Waals surface area contributed by atoms with Crippen LogP contribution in [0.3, 0.4) is 0 Å². The number of carbonyl (C=O) groups is 1. The van der Waals surface area contributed by atoms with Gasteiger partial charge in [0, 0.05) is 0 Å². The van der Waals surface area contributed by atoms with Gasteiger partial charge in [-0.15, -0.1) is 0 Å². The third-order valence-corrected chi connectivity index (χ3v) is 3.19. The summed E-state index contributed by atoms with van der Waals surface area (Å²) in [6.45, 7) is 1.80. The minimum atomic E-state index is -1.03. The van der Waals surface area contributed by atoms with Crippen molar-refractivity contribution < 1.29 is 9.90 Å². The molecule has 0 unspecified atom stereocenters. The first-order chi connectivity index (χ1) is 10.5. The molecule has 22 heavy (non-hydrogen) atoms. The van der Waals surface area contributed by atoms with Crippen LogP contribution in [0.25, 0.3) is 11.2 Å². The van der Waals surface area contributed by atoms with E-state index in [2.05, 4.69) is 20.3 Å². The van der Waals surface area contributed by atoms with Crippen molar-refractivity contribution in [3.05, 3.63) is 58.0 Å². The van der Waals surface area contributed by atoms with Crippen LogP contribution in [0.5, 0.6) is 0 Å². The fourth-order valence-corrected chi connectivity index (χ4v) is 2.13. The Morgan fingerprint density at radius 2 is 2.09 bits per heavy atom. The topological polar surface area (TPSA) is 108 Å². The molecule has 3 aromatic rings. The van der Waals surface area contributed by atoms with E-state index in [9.17, 15) is 14.7 Å². The number of benzene rings is 1. The molecule has 3 N–H and O–H groups in total. The molecule has 0 aliphatic heterocycles. The Morgan fingerprint density at radius 3 is 2.86 bits per heavy atom. The van der Waals surface area contributed by atoms with E-state index in [1.54, 1.807) is 31.2 Å². The van der Waals surface area contributed by atoms with Gasteiger partial charge < -0.3 is 15.4 Å². The average Bonchev–Trinajstić information content (AvgIpc) is 2.48. The van der Waals surface area contributed by atoms with E-state index in [0.717, 1.165) is 5.56 Å². The summed E-state index contributed by atoms with van der Waals surface area (Å²) in [4.78, 5) is 33.4. The van der Waals surface area contributed by atoms with Crippen LogP contribution < -0.4 is 10.9 Å². The van der Waals surface area contributed by atoms with E-state index in [4.69, 9.17) is 0 Å². The second kappa shape index (κ2) is 5.28. The van der Waals surface area contributed by atoms with E-state index in [1.165, 1.54) is 12.3 Å². The Hall–Kier alpha value is -3.22. The zero-order valence-electron chi connectivity index (χ0n) is 11.6. The molecule has 0 fully saturated rings. The Morgan fingerprint density at radius 1 is 1.27 bits per heavy atom. The number of carboxylic acid groups (broad SMARTS) is 1. The lowest BCUT2D eigenvalue weighted by molar-refractivity contribution is 0.0698. The van der Waals surface area contributed by atoms with Gasteiger partial charge in [-0.2, -0.15) is 0 Å². The second-order valence-corrected chi connectivity index (χ2v) is 4.74. The van der Waals surface area contributed by atoms with Gasteiger partial charge in [0.1, 0.15) is 11.3 Å². The van der Waals surface area contributed by atoms with Crippen molar-refractivity contribution >= 4 is 28.6 Å². The first-order valence-corrected chi connectivity index (χ1v) is 6.50. The Kier molecular flexibility index (Phi) is 3.30. The molecule has 0 spiro atoms. The summed E-state index contributed by atoms with van der Waals surface area (Å²) < 4.78 is 0. The summed E-state index contributed by atoms with van der Waals surface area (Å²) in [5.74, 6) is -0.602. The van der Waals surface area contributed by atoms with Gasteiger partial charge in [-0.3, -0.25) is 4.79 Å². The number of para-hydroxylation sites is 1. The molecule has 0 amide bonds. The standard InChI is InChI=1S/C15H12N4O3/c1-8-3-2-4-9(15(21)22)13(8)17-11-6-5-10-14(18-11)19-12(20)7-16-10/h2-7H,1H3,(H,21,22)(H2,17,18,19,20). The van der Waals surface area contributed by atoms with Crippen LogP contribution in [-0.4, -0.2) is 26.0 Å². The second-order valence-electron chi connectivity index (χ2n) is 4.74. The molecule has 2 heterocycles. The minimum absolute atomic E-state index is 0.154. The maximum Gasteiger partial charge on any atom is 0.337 e. The van der Waals surface area contributed by atoms with Crippen molar-refractivity contribution in [1.82, 2.24) is 15.0 Å². The van der Waals surface area contributed by atoms with Crippen LogP contribution in [0.1, 0.15) is 15.9 Å². The highest BCUT2D eigenvalue weighted by atomic mass is 16.4. The van der Waals surface area contributed by atoms with Crippen molar-refractivity contribution in [2.75, 3.05) is 5.32 Å². The van der Waals surface area contributed by atoms with Crippen molar-refractivity contribution in [1.29, 1.82) is 0 Å². The van der Waals surface area contributed by atoms with Crippen LogP contribution in [0.2, 0.25) is 0 Å². The van der Waals surface area contributed by atoms with Crippen LogP contribution in [0.4, 0.5) is 11.5 Å². The van der Waals surface area contributed by atoms with Crippen LogP contribution >= 0.6 is 0 Å². The number of aromatic carboxylic acids is 1. The molecular weight excluding hydrogens is 284 g/mol. The smallest absolute Gasteiger partial charge is 0.337 e. The Balaban J connectivity index is 2.07. The molecule has 3 rings (SSSR count). The summed E-state index contributed by atoms with van der Waals surface area (Å²) in [6.07, 6.45) is 1.18. The lowest BCUT2D eigenvalue weighted by Crippen LogP contribution is -2.08. The van der Waals surface area contributed by atoms with E-state index >= 15 is 0 Å². The fourth-order valence-electron chi connectivity index (χ4n) is 2.13. The molecule has 110 valence electrons. The number of anilines is 2. The minimum Gasteiger partial charge on any atom is -0.478 e. The summed E-state index contributed by atoms with van der Waals surface area (Å²) in [6, 6.07) is 8.37. The number of hydrogen-bond donors (Lipinski definition) is 3. The van der Waals surface area contributed by atoms with E-state index in [-0.39, 0.29) is 11.1 Å². The quantitative estimate of drug-likeness (QED) is 0.683. The molecule has 0 atom stereocenters. The lowest BCUT2D eigenvalue weighted by atomic mass is 10.1. The first-order valence-electron chi connectivity index (χ1n) is 6.50. The highest BCUT2D eigenvalue weighted by Crippen LogP contribution is 2.24. The first kappa shape index (κ1) is 13.7. The number of nitrogens with one attached hydrogen (secondary N) is 2. The average molecular weight is 296 g/mol. The van der Waals surface area contributed by atoms with E-state index in [0.29, 0.717) is 22.7 Å². The summed E-state index contributed by atoms with van der Waals surface area (Å²) >= 11 is 0. The van der Waals surface area contributed by atoms with Crippen molar-refractivity contribution in [2.24, 2.45) is 0 Å². The Bertz CT molecular complexity index is 933. The summed E-state index contributed by atoms with van der Waals surface area (Å²) in [5.41, 5.74) is 1.94. The number of pyridine rings is 1. The van der Waals surface area contributed by atoms with Gasteiger partial charge in [0.25, 0.3) is 5.56 Å². The van der Waals surface area contributed by atoms with Crippen molar-refractivity contribution in [3.8, 4) is 0 Å². The predicted molar refractivity (Wildman–Crippen MR) is 81.6 cm³/mol. The fraction of sp³-hybridized carbons (Fsp3) is 0.0667. The van der Waals surface area contributed by atoms with Gasteiger partial charge in [-0.25, -0.2) is 14.8 Å². The van der Waals surface area contributed by atoms with Crippen LogP contribution in [0.15, 0.2) is 41.3 Å². The van der Waals surface area contributed by atoms with Gasteiger partial charge >= 0.3 is 5.97 Å². The maximum atomic E-state index is 11.3. The van der Waals surface area contributed by atoms with Crippen molar-refractivity contribution in [3.63, 3.8) is 0 Å². The van der Waals surface area contributed by atoms with E-state index < -0.39 is 5.97 Å². The predicted octanol–water partition coefficient (Wildman–Crippen LogP) is 2.07. The zero-order chi connectivity index (χ0) is 15.7. The number of fused-ring (bicyclic) bond motifs is 1. The zero-order valence-corrected chi connectivity index (χ0v) is 11.6. The summed E-state index contributed by atoms with van der Waals surface area (Å²) in [5, 5.41) is 12.3. The van der Waals surface area contributed by atoms with Crippen molar-refractivity contribution in [2.45, 2.75) is 6.92 Å². The molecule has 2 aromatic heterocycles. The lowest BCUT2D eigenvalue weighted by Gasteiger charge is -2.12. The number of rotatable bonds is 3. The molecule has 0 aliphatic carbocycles. The molecule has 7 nitrogen and oxygen atoms in total. The van der Waals surface area contributed by atoms with E-state index in [1.807, 2.05) is 0 Å². The SMILES string of the molecule is Cc1cccc(C(=O)O)c1Nc1ccc2ncc(=O)[nH]c2n1. The number of hydrogen-bond acceptors (Lipinski definition) is 5. The van der Waals surface area contributed by atoms with Gasteiger partial charge in [0.15, 0.2) is 5.65 Å². The third kappa shape index (κ3) is 2.51. The van der Waals surface area contributed by atoms with Gasteiger partial charge in [-0.05, 0) is 30.7 Å². The molecule has 0 saturated carbocycles. The van der Waals surface area contributed by atoms with Crippen LogP contribution in [0, 0.1) is 6.92 Å². The summed E-state index contributed by atoms with van der Waals surface area (Å²) in [7, 11) is 0. The van der Waals surface area contributed by atoms with Crippen LogP contribution in [-0.2, 0) is 0 Å². The van der Waals surface area contributed by atoms with Gasteiger partial charge in [-0.1, -0.05) is 12.1 Å². The number of H-pyrrole nitrogens is 1. The highest BCUT2D eigenvalue weighted by molar-refractivity contribution is 5.96. The molecule has 0 radical (unpaired) electrons. The largest absolute Gasteiger partial charge is 0.478 e. The number of aromatic nitrogens is 3. The highest BCUT2D eigenvalue weighted by Gasteiger charge is 2.12. The number of aryl methyl sites for hydroxylation is 1. The number of carboxylic acids is 1.